The lowest BCUT2D eigenvalue weighted by Crippen LogP contribution is -2.21. The highest BCUT2D eigenvalue weighted by molar-refractivity contribution is 8.00. The van der Waals surface area contributed by atoms with Crippen molar-refractivity contribution in [2.24, 2.45) is 5.73 Å². The van der Waals surface area contributed by atoms with Crippen LogP contribution in [0.4, 0.5) is 5.88 Å². The third kappa shape index (κ3) is 4.57. The van der Waals surface area contributed by atoms with Crippen LogP contribution >= 0.6 is 23.1 Å². The van der Waals surface area contributed by atoms with Gasteiger partial charge in [0.1, 0.15) is 32.6 Å². The highest BCUT2D eigenvalue weighted by Crippen LogP contribution is 2.35. The minimum absolute atomic E-state index is 0.00652. The number of aryl methyl sites for hydroxylation is 4. The van der Waals surface area contributed by atoms with E-state index in [0.717, 1.165) is 20.7 Å². The Hall–Kier alpha value is -2.92. The molecule has 9 nitrogen and oxygen atoms in total. The number of carbonyl (C=O) groups excluding carboxylic acids is 3. The summed E-state index contributed by atoms with van der Waals surface area (Å²) >= 11 is 2.84. The van der Waals surface area contributed by atoms with Gasteiger partial charge < -0.3 is 14.9 Å². The van der Waals surface area contributed by atoms with Crippen molar-refractivity contribution in [3.63, 3.8) is 0 Å². The number of nitrogens with two attached hydrogens (primary N) is 1. The smallest absolute Gasteiger partial charge is 0.342 e. The van der Waals surface area contributed by atoms with Crippen molar-refractivity contribution in [3.05, 3.63) is 33.2 Å². The molecule has 0 bridgehead atoms. The third-order valence-corrected chi connectivity index (χ3v) is 6.59. The molecular weight excluding hydrogens is 440 g/mol. The average Bonchev–Trinajstić information content (AvgIpc) is 3.15. The Balaban J connectivity index is 1.83. The zero-order chi connectivity index (χ0) is 22.9. The first-order valence-corrected chi connectivity index (χ1v) is 11.2. The Kier molecular flexibility index (Phi) is 6.65. The molecule has 0 aliphatic carbocycles. The molecule has 3 N–H and O–H groups in total. The van der Waals surface area contributed by atoms with Gasteiger partial charge in [-0.25, -0.2) is 14.8 Å². The molecule has 0 spiro atoms. The van der Waals surface area contributed by atoms with E-state index >= 15 is 0 Å². The maximum Gasteiger partial charge on any atom is 0.342 e. The Bertz CT molecular complexity index is 1200. The second-order valence-electron chi connectivity index (χ2n) is 6.70. The molecule has 0 unspecified atom stereocenters. The number of nitrogens with one attached hydrogen (secondary N) is 1. The van der Waals surface area contributed by atoms with Crippen LogP contribution in [0.1, 0.15) is 49.7 Å². The first-order chi connectivity index (χ1) is 14.6. The largest absolute Gasteiger partial charge is 0.462 e. The fraction of sp³-hybridized carbons (Fsp3) is 0.350. The van der Waals surface area contributed by atoms with Crippen molar-refractivity contribution >= 4 is 57.0 Å². The average molecular weight is 463 g/mol. The van der Waals surface area contributed by atoms with Gasteiger partial charge in [0.2, 0.25) is 11.8 Å². The standard InChI is InChI=1S/C20H22N4O5S2/c1-6-28-20(27)14-9(3)29-17(15(14)16(21)26)24-12(25)7-30-18-13-8(2)10(4)31-19(13)23-11(5)22-18/h6-7H2,1-5H3,(H2,21,26)(H,24,25). The van der Waals surface area contributed by atoms with Crippen LogP contribution in [0.3, 0.4) is 0 Å². The van der Waals surface area contributed by atoms with Crippen molar-refractivity contribution < 1.29 is 23.5 Å². The van der Waals surface area contributed by atoms with E-state index in [-0.39, 0.29) is 35.1 Å². The van der Waals surface area contributed by atoms with Gasteiger partial charge in [0, 0.05) is 10.3 Å². The van der Waals surface area contributed by atoms with Gasteiger partial charge in [0.15, 0.2) is 0 Å². The lowest BCUT2D eigenvalue weighted by molar-refractivity contribution is -0.113. The fourth-order valence-corrected chi connectivity index (χ4v) is 5.10. The number of ether oxygens (including phenoxy) is 1. The van der Waals surface area contributed by atoms with Crippen LogP contribution in [0, 0.1) is 27.7 Å². The Morgan fingerprint density at radius 2 is 1.87 bits per heavy atom. The number of rotatable bonds is 7. The number of primary amides is 1. The minimum Gasteiger partial charge on any atom is -0.462 e. The SMILES string of the molecule is CCOC(=O)c1c(C)oc(NC(=O)CSc2nc(C)nc3sc(C)c(C)c23)c1C(N)=O. The summed E-state index contributed by atoms with van der Waals surface area (Å²) in [6.07, 6.45) is 0. The van der Waals surface area contributed by atoms with Gasteiger partial charge in [-0.1, -0.05) is 11.8 Å². The van der Waals surface area contributed by atoms with Crippen molar-refractivity contribution in [1.29, 1.82) is 0 Å². The summed E-state index contributed by atoms with van der Waals surface area (Å²) in [5.41, 5.74) is 6.21. The zero-order valence-electron chi connectivity index (χ0n) is 17.7. The lowest BCUT2D eigenvalue weighted by Gasteiger charge is -2.06. The van der Waals surface area contributed by atoms with Gasteiger partial charge >= 0.3 is 5.97 Å². The summed E-state index contributed by atoms with van der Waals surface area (Å²) in [5, 5.41) is 4.17. The number of carbonyl (C=O) groups is 3. The van der Waals surface area contributed by atoms with Crippen molar-refractivity contribution in [1.82, 2.24) is 9.97 Å². The molecule has 164 valence electrons. The quantitative estimate of drug-likeness (QED) is 0.309. The Morgan fingerprint density at radius 3 is 2.52 bits per heavy atom. The molecule has 0 aliphatic rings. The van der Waals surface area contributed by atoms with Crippen LogP contribution in [0.5, 0.6) is 0 Å². The number of nitrogens with zero attached hydrogens (tertiary/aromatic N) is 2. The lowest BCUT2D eigenvalue weighted by atomic mass is 10.1. The molecule has 31 heavy (non-hydrogen) atoms. The molecule has 0 atom stereocenters. The monoisotopic (exact) mass is 462 g/mol. The van der Waals surface area contributed by atoms with E-state index in [1.54, 1.807) is 25.2 Å². The van der Waals surface area contributed by atoms with Crippen LogP contribution in [0.15, 0.2) is 9.44 Å². The number of hydrogen-bond acceptors (Lipinski definition) is 9. The number of anilines is 1. The van der Waals surface area contributed by atoms with Gasteiger partial charge in [-0.3, -0.25) is 14.9 Å². The van der Waals surface area contributed by atoms with Gasteiger partial charge in [-0.15, -0.1) is 11.3 Å². The highest BCUT2D eigenvalue weighted by Gasteiger charge is 2.29. The molecule has 0 saturated heterocycles. The number of aromatic nitrogens is 2. The molecule has 0 fully saturated rings. The molecule has 3 rings (SSSR count). The van der Waals surface area contributed by atoms with E-state index in [9.17, 15) is 14.4 Å². The molecule has 3 heterocycles. The van der Waals surface area contributed by atoms with Crippen LogP contribution in [0.2, 0.25) is 0 Å². The van der Waals surface area contributed by atoms with E-state index < -0.39 is 17.8 Å². The van der Waals surface area contributed by atoms with E-state index in [1.807, 2.05) is 13.8 Å². The van der Waals surface area contributed by atoms with Crippen molar-refractivity contribution in [2.75, 3.05) is 17.7 Å². The molecule has 0 aromatic carbocycles. The normalized spacial score (nSPS) is 11.0. The third-order valence-electron chi connectivity index (χ3n) is 4.51. The Labute approximate surface area is 186 Å². The zero-order valence-corrected chi connectivity index (χ0v) is 19.4. The van der Waals surface area contributed by atoms with Crippen LogP contribution in [-0.4, -0.2) is 40.1 Å². The molecule has 3 aromatic rings. The van der Waals surface area contributed by atoms with E-state index in [2.05, 4.69) is 15.3 Å². The summed E-state index contributed by atoms with van der Waals surface area (Å²) in [5.74, 6) is -1.50. The molecular formula is C20H22N4O5S2. The number of fused-ring (bicyclic) bond motifs is 1. The summed E-state index contributed by atoms with van der Waals surface area (Å²) in [4.78, 5) is 47.7. The minimum atomic E-state index is -0.902. The number of esters is 1. The summed E-state index contributed by atoms with van der Waals surface area (Å²) < 4.78 is 10.4. The van der Waals surface area contributed by atoms with Crippen LogP contribution < -0.4 is 11.1 Å². The first kappa shape index (κ1) is 22.8. The summed E-state index contributed by atoms with van der Waals surface area (Å²) in [6, 6.07) is 0. The maximum atomic E-state index is 12.6. The molecule has 3 aromatic heterocycles. The number of furan rings is 1. The second kappa shape index (κ2) is 9.06. The van der Waals surface area contributed by atoms with E-state index in [0.29, 0.717) is 10.9 Å². The summed E-state index contributed by atoms with van der Waals surface area (Å²) in [7, 11) is 0. The predicted octanol–water partition coefficient (Wildman–Crippen LogP) is 3.52. The van der Waals surface area contributed by atoms with Crippen molar-refractivity contribution in [2.45, 2.75) is 39.6 Å². The number of thioether (sulfide) groups is 1. The maximum absolute atomic E-state index is 12.6. The van der Waals surface area contributed by atoms with Gasteiger partial charge in [0.25, 0.3) is 5.91 Å². The number of amides is 2. The predicted molar refractivity (Wildman–Crippen MR) is 119 cm³/mol. The Morgan fingerprint density at radius 1 is 1.16 bits per heavy atom. The summed E-state index contributed by atoms with van der Waals surface area (Å²) in [6.45, 7) is 9.07. The first-order valence-electron chi connectivity index (χ1n) is 9.41. The van der Waals surface area contributed by atoms with Crippen LogP contribution in [-0.2, 0) is 9.53 Å². The topological polar surface area (TPSA) is 137 Å². The van der Waals surface area contributed by atoms with E-state index in [4.69, 9.17) is 14.9 Å². The molecule has 2 amide bonds. The van der Waals surface area contributed by atoms with Gasteiger partial charge in [-0.05, 0) is 40.2 Å². The van der Waals surface area contributed by atoms with Crippen LogP contribution in [0.25, 0.3) is 10.2 Å². The second-order valence-corrected chi connectivity index (χ2v) is 8.87. The molecule has 0 radical (unpaired) electrons. The molecule has 0 aliphatic heterocycles. The molecule has 0 saturated carbocycles. The molecule has 11 heteroatoms. The van der Waals surface area contributed by atoms with Crippen molar-refractivity contribution in [3.8, 4) is 0 Å². The van der Waals surface area contributed by atoms with Gasteiger partial charge in [0.05, 0.1) is 12.4 Å². The fourth-order valence-electron chi connectivity index (χ4n) is 3.03. The highest BCUT2D eigenvalue weighted by atomic mass is 32.2. The van der Waals surface area contributed by atoms with Gasteiger partial charge in [-0.2, -0.15) is 0 Å². The van der Waals surface area contributed by atoms with E-state index in [1.165, 1.54) is 18.7 Å². The number of hydrogen-bond donors (Lipinski definition) is 2. The number of thiophene rings is 1.